The van der Waals surface area contributed by atoms with Gasteiger partial charge in [-0.3, -0.25) is 24.2 Å². The Labute approximate surface area is 210 Å². The molecule has 0 aromatic carbocycles. The molecule has 204 valence electrons. The molecule has 14 nitrogen and oxygen atoms in total. The first-order chi connectivity index (χ1) is 16.9. The van der Waals surface area contributed by atoms with E-state index in [-0.39, 0.29) is 37.7 Å². The Balaban J connectivity index is 2.97. The van der Waals surface area contributed by atoms with Crippen LogP contribution in [0.5, 0.6) is 0 Å². The van der Waals surface area contributed by atoms with Crippen LogP contribution in [0, 0.1) is 5.92 Å². The number of hydrogen-bond donors (Lipinski definition) is 7. The number of primary amides is 1. The number of rotatable bonds is 15. The number of nitrogens with two attached hydrogens (primary N) is 4. The molecular weight excluding hydrogens is 472 g/mol. The van der Waals surface area contributed by atoms with Crippen LogP contribution in [0.4, 0.5) is 0 Å². The number of carboxylic acid groups (broad SMARTS) is 1. The van der Waals surface area contributed by atoms with E-state index in [4.69, 9.17) is 22.9 Å². The fourth-order valence-electron chi connectivity index (χ4n) is 3.91. The smallest absolute Gasteiger partial charge is 0.326 e. The van der Waals surface area contributed by atoms with Crippen molar-refractivity contribution in [2.45, 2.75) is 83.0 Å². The van der Waals surface area contributed by atoms with Crippen LogP contribution in [0.25, 0.3) is 0 Å². The molecule has 11 N–H and O–H groups in total. The van der Waals surface area contributed by atoms with E-state index in [1.807, 2.05) is 0 Å². The molecule has 1 fully saturated rings. The summed E-state index contributed by atoms with van der Waals surface area (Å²) in [5.41, 5.74) is 21.7. The standard InChI is InChI=1S/C22H40N8O6/c1-3-12(2)17(21(35)36)29-18(32)14(6-4-10-27-22(25)26)28-19(33)15-7-5-11-30(15)20(34)13(23)8-9-16(24)31/h12-15,17H,3-11,23H2,1-2H3,(H2,24,31)(H,28,33)(H,29,32)(H,35,36)(H4,25,26,27). The monoisotopic (exact) mass is 512 g/mol. The molecule has 0 radical (unpaired) electrons. The largest absolute Gasteiger partial charge is 0.480 e. The Kier molecular flexibility index (Phi) is 12.6. The second-order valence-corrected chi connectivity index (χ2v) is 9.02. The predicted molar refractivity (Wildman–Crippen MR) is 132 cm³/mol. The maximum atomic E-state index is 13.1. The lowest BCUT2D eigenvalue weighted by Gasteiger charge is -2.29. The highest BCUT2D eigenvalue weighted by Crippen LogP contribution is 2.20. The fraction of sp³-hybridized carbons (Fsp3) is 0.727. The number of amides is 4. The minimum atomic E-state index is -1.18. The van der Waals surface area contributed by atoms with Crippen LogP contribution < -0.4 is 33.6 Å². The summed E-state index contributed by atoms with van der Waals surface area (Å²) in [6.07, 6.45) is 1.92. The third-order valence-corrected chi connectivity index (χ3v) is 6.21. The van der Waals surface area contributed by atoms with Gasteiger partial charge < -0.3 is 43.6 Å². The van der Waals surface area contributed by atoms with Crippen molar-refractivity contribution in [1.29, 1.82) is 0 Å². The van der Waals surface area contributed by atoms with Gasteiger partial charge in [-0.2, -0.15) is 0 Å². The molecule has 14 heteroatoms. The SMILES string of the molecule is CCC(C)C(NC(=O)C(CCCN=C(N)N)NC(=O)C1CCCN1C(=O)C(N)CCC(N)=O)C(=O)O. The van der Waals surface area contributed by atoms with E-state index in [2.05, 4.69) is 15.6 Å². The van der Waals surface area contributed by atoms with Crippen LogP contribution >= 0.6 is 0 Å². The van der Waals surface area contributed by atoms with Crippen molar-refractivity contribution in [2.75, 3.05) is 13.1 Å². The third kappa shape index (κ3) is 9.68. The first kappa shape index (κ1) is 30.6. The number of carboxylic acids is 1. The molecule has 4 amide bonds. The summed E-state index contributed by atoms with van der Waals surface area (Å²) < 4.78 is 0. The van der Waals surface area contributed by atoms with E-state index in [0.29, 0.717) is 32.2 Å². The summed E-state index contributed by atoms with van der Waals surface area (Å²) in [6.45, 7) is 4.02. The number of aliphatic carboxylic acids is 1. The summed E-state index contributed by atoms with van der Waals surface area (Å²) in [5, 5.41) is 14.7. The summed E-state index contributed by atoms with van der Waals surface area (Å²) in [6, 6.07) is -4.04. The fourth-order valence-corrected chi connectivity index (χ4v) is 3.91. The number of hydrogen-bond acceptors (Lipinski definition) is 7. The van der Waals surface area contributed by atoms with Crippen molar-refractivity contribution in [2.24, 2.45) is 33.8 Å². The molecule has 5 unspecified atom stereocenters. The first-order valence-electron chi connectivity index (χ1n) is 12.1. The minimum Gasteiger partial charge on any atom is -0.480 e. The van der Waals surface area contributed by atoms with Gasteiger partial charge in [-0.05, 0) is 38.0 Å². The highest BCUT2D eigenvalue weighted by molar-refractivity contribution is 5.94. The molecule has 36 heavy (non-hydrogen) atoms. The molecule has 1 aliphatic heterocycles. The van der Waals surface area contributed by atoms with E-state index < -0.39 is 53.8 Å². The second kappa shape index (κ2) is 14.9. The number of aliphatic imine (C=N–C) groups is 1. The number of carbonyl (C=O) groups is 5. The maximum absolute atomic E-state index is 13.1. The summed E-state index contributed by atoms with van der Waals surface area (Å²) in [5.74, 6) is -3.91. The lowest BCUT2D eigenvalue weighted by Crippen LogP contribution is -2.57. The number of nitrogens with zero attached hydrogens (tertiary/aromatic N) is 2. The van der Waals surface area contributed by atoms with Gasteiger partial charge in [-0.25, -0.2) is 4.79 Å². The Bertz CT molecular complexity index is 831. The Hall–Kier alpha value is -3.42. The third-order valence-electron chi connectivity index (χ3n) is 6.21. The van der Waals surface area contributed by atoms with Crippen molar-refractivity contribution < 1.29 is 29.1 Å². The van der Waals surface area contributed by atoms with Crippen molar-refractivity contribution in [3.05, 3.63) is 0 Å². The summed E-state index contributed by atoms with van der Waals surface area (Å²) >= 11 is 0. The molecule has 1 heterocycles. The van der Waals surface area contributed by atoms with Crippen molar-refractivity contribution in [1.82, 2.24) is 15.5 Å². The molecular formula is C22H40N8O6. The van der Waals surface area contributed by atoms with Crippen LogP contribution in [-0.2, 0) is 24.0 Å². The van der Waals surface area contributed by atoms with Gasteiger partial charge in [0.2, 0.25) is 23.6 Å². The number of carbonyl (C=O) groups excluding carboxylic acids is 4. The van der Waals surface area contributed by atoms with E-state index in [9.17, 15) is 29.1 Å². The predicted octanol–water partition coefficient (Wildman–Crippen LogP) is -2.28. The molecule has 1 aliphatic rings. The lowest BCUT2D eigenvalue weighted by atomic mass is 9.98. The van der Waals surface area contributed by atoms with Crippen LogP contribution in [0.2, 0.25) is 0 Å². The Morgan fingerprint density at radius 2 is 1.78 bits per heavy atom. The first-order valence-corrected chi connectivity index (χ1v) is 12.1. The molecule has 5 atom stereocenters. The van der Waals surface area contributed by atoms with Gasteiger partial charge in [0, 0.05) is 19.5 Å². The van der Waals surface area contributed by atoms with Crippen molar-refractivity contribution in [3.63, 3.8) is 0 Å². The Morgan fingerprint density at radius 1 is 1.11 bits per heavy atom. The van der Waals surface area contributed by atoms with Gasteiger partial charge in [0.05, 0.1) is 6.04 Å². The zero-order valence-corrected chi connectivity index (χ0v) is 20.9. The van der Waals surface area contributed by atoms with E-state index in [1.165, 1.54) is 4.90 Å². The van der Waals surface area contributed by atoms with Crippen molar-refractivity contribution in [3.8, 4) is 0 Å². The average molecular weight is 513 g/mol. The number of nitrogens with one attached hydrogen (secondary N) is 2. The Morgan fingerprint density at radius 3 is 2.33 bits per heavy atom. The molecule has 0 saturated carbocycles. The van der Waals surface area contributed by atoms with Gasteiger partial charge in [-0.15, -0.1) is 0 Å². The molecule has 0 aliphatic carbocycles. The zero-order chi connectivity index (χ0) is 27.4. The van der Waals surface area contributed by atoms with Crippen LogP contribution in [0.15, 0.2) is 4.99 Å². The van der Waals surface area contributed by atoms with Gasteiger partial charge in [0.1, 0.15) is 18.1 Å². The maximum Gasteiger partial charge on any atom is 0.326 e. The molecule has 1 saturated heterocycles. The molecule has 0 aromatic rings. The van der Waals surface area contributed by atoms with E-state index in [0.717, 1.165) is 0 Å². The number of likely N-dealkylation sites (tertiary alicyclic amines) is 1. The van der Waals surface area contributed by atoms with E-state index >= 15 is 0 Å². The van der Waals surface area contributed by atoms with Gasteiger partial charge in [-0.1, -0.05) is 20.3 Å². The molecule has 0 bridgehead atoms. The second-order valence-electron chi connectivity index (χ2n) is 9.02. The highest BCUT2D eigenvalue weighted by atomic mass is 16.4. The molecule has 1 rings (SSSR count). The highest BCUT2D eigenvalue weighted by Gasteiger charge is 2.38. The van der Waals surface area contributed by atoms with Crippen LogP contribution in [0.3, 0.4) is 0 Å². The van der Waals surface area contributed by atoms with Gasteiger partial charge in [0.25, 0.3) is 0 Å². The van der Waals surface area contributed by atoms with Gasteiger partial charge >= 0.3 is 5.97 Å². The van der Waals surface area contributed by atoms with Crippen molar-refractivity contribution >= 4 is 35.6 Å². The molecule has 0 aromatic heterocycles. The average Bonchev–Trinajstić information content (AvgIpc) is 3.31. The lowest BCUT2D eigenvalue weighted by molar-refractivity contribution is -0.144. The summed E-state index contributed by atoms with van der Waals surface area (Å²) in [4.78, 5) is 66.8. The number of guanidine groups is 1. The van der Waals surface area contributed by atoms with Crippen LogP contribution in [0.1, 0.15) is 58.8 Å². The zero-order valence-electron chi connectivity index (χ0n) is 20.9. The van der Waals surface area contributed by atoms with Crippen LogP contribution in [-0.4, -0.2) is 82.8 Å². The summed E-state index contributed by atoms with van der Waals surface area (Å²) in [7, 11) is 0. The molecule has 0 spiro atoms. The van der Waals surface area contributed by atoms with Gasteiger partial charge in [0.15, 0.2) is 5.96 Å². The normalized spacial score (nSPS) is 18.4. The minimum absolute atomic E-state index is 0.0566. The van der Waals surface area contributed by atoms with E-state index in [1.54, 1.807) is 13.8 Å². The topological polar surface area (TPSA) is 249 Å². The quantitative estimate of drug-likeness (QED) is 0.0708.